The molecule has 0 bridgehead atoms. The number of thiophene rings is 1. The van der Waals surface area contributed by atoms with E-state index in [1.807, 2.05) is 36.4 Å². The first kappa shape index (κ1) is 20.8. The van der Waals surface area contributed by atoms with Crippen LogP contribution in [0.15, 0.2) is 66.9 Å². The van der Waals surface area contributed by atoms with Gasteiger partial charge in [0.1, 0.15) is 10.6 Å². The van der Waals surface area contributed by atoms with Crippen LogP contribution in [0.25, 0.3) is 21.7 Å². The number of methoxy groups -OCH3 is 1. The lowest BCUT2D eigenvalue weighted by molar-refractivity contribution is 0.0701. The summed E-state index contributed by atoms with van der Waals surface area (Å²) in [6, 6.07) is 18.2. The van der Waals surface area contributed by atoms with E-state index in [4.69, 9.17) is 4.74 Å². The van der Waals surface area contributed by atoms with Crippen LogP contribution in [0.3, 0.4) is 0 Å². The second kappa shape index (κ2) is 8.48. The Hall–Kier alpha value is -4.04. The highest BCUT2D eigenvalue weighted by atomic mass is 32.1. The Bertz CT molecular complexity index is 1360. The Kier molecular flexibility index (Phi) is 5.35. The number of hydrogen-bond donors (Lipinski definition) is 1. The predicted molar refractivity (Wildman–Crippen MR) is 126 cm³/mol. The van der Waals surface area contributed by atoms with Crippen molar-refractivity contribution in [1.29, 1.82) is 0 Å². The normalized spacial score (nSPS) is 12.5. The molecule has 1 amide bonds. The van der Waals surface area contributed by atoms with E-state index in [2.05, 4.69) is 9.97 Å². The van der Waals surface area contributed by atoms with Crippen LogP contribution < -0.4 is 9.64 Å². The molecule has 0 saturated heterocycles. The molecule has 4 heterocycles. The predicted octanol–water partition coefficient (Wildman–Crippen LogP) is 4.78. The zero-order valence-electron chi connectivity index (χ0n) is 17.7. The van der Waals surface area contributed by atoms with Crippen molar-refractivity contribution in [2.75, 3.05) is 18.6 Å². The molecule has 0 radical (unpaired) electrons. The van der Waals surface area contributed by atoms with Gasteiger partial charge in [-0.25, -0.2) is 14.8 Å². The first-order chi connectivity index (χ1) is 16.0. The fourth-order valence-electron chi connectivity index (χ4n) is 3.92. The lowest BCUT2D eigenvalue weighted by Crippen LogP contribution is -2.33. The van der Waals surface area contributed by atoms with E-state index >= 15 is 0 Å². The van der Waals surface area contributed by atoms with Gasteiger partial charge in [-0.05, 0) is 42.3 Å². The third kappa shape index (κ3) is 3.85. The Balaban J connectivity index is 1.51. The van der Waals surface area contributed by atoms with Crippen molar-refractivity contribution in [3.05, 3.63) is 83.0 Å². The smallest absolute Gasteiger partial charge is 0.345 e. The molecular weight excluding hydrogens is 438 g/mol. The number of aromatic nitrogens is 2. The minimum atomic E-state index is -0.937. The number of fused-ring (bicyclic) bond motifs is 3. The summed E-state index contributed by atoms with van der Waals surface area (Å²) in [7, 11) is 1.56. The van der Waals surface area contributed by atoms with Gasteiger partial charge in [0.25, 0.3) is 5.91 Å². The standard InChI is InChI=1S/C25H19N3O4S/c1-32-22-10-9-16(14-26-22)18-6-4-7-19(27-18)24(29)28-12-11-15-13-21(25(30)31)33-23(15)17-5-2-3-8-20(17)28/h2-10,13-14H,11-12H2,1H3,(H,30,31). The number of aromatic carboxylic acids is 1. The molecule has 4 aromatic rings. The molecule has 5 rings (SSSR count). The summed E-state index contributed by atoms with van der Waals surface area (Å²) < 4.78 is 5.11. The Morgan fingerprint density at radius 1 is 1.09 bits per heavy atom. The van der Waals surface area contributed by atoms with Crippen LogP contribution in [-0.2, 0) is 6.42 Å². The topological polar surface area (TPSA) is 92.6 Å². The van der Waals surface area contributed by atoms with E-state index < -0.39 is 5.97 Å². The summed E-state index contributed by atoms with van der Waals surface area (Å²) in [5.74, 6) is -0.641. The molecule has 0 unspecified atom stereocenters. The molecule has 1 aliphatic heterocycles. The molecule has 0 aliphatic carbocycles. The molecule has 1 N–H and O–H groups in total. The minimum Gasteiger partial charge on any atom is -0.481 e. The molecule has 1 aromatic carbocycles. The maximum Gasteiger partial charge on any atom is 0.345 e. The third-order valence-corrected chi connectivity index (χ3v) is 6.72. The summed E-state index contributed by atoms with van der Waals surface area (Å²) in [6.45, 7) is 0.425. The fourth-order valence-corrected chi connectivity index (χ4v) is 5.00. The van der Waals surface area contributed by atoms with E-state index in [1.165, 1.54) is 11.3 Å². The lowest BCUT2D eigenvalue weighted by atomic mass is 10.1. The monoisotopic (exact) mass is 457 g/mol. The van der Waals surface area contributed by atoms with Crippen LogP contribution in [-0.4, -0.2) is 40.6 Å². The molecule has 164 valence electrons. The number of ether oxygens (including phenoxy) is 1. The zero-order valence-corrected chi connectivity index (χ0v) is 18.5. The van der Waals surface area contributed by atoms with Crippen LogP contribution in [0.1, 0.15) is 25.7 Å². The van der Waals surface area contributed by atoms with E-state index in [0.29, 0.717) is 35.1 Å². The van der Waals surface area contributed by atoms with E-state index in [0.717, 1.165) is 27.3 Å². The van der Waals surface area contributed by atoms with Gasteiger partial charge in [0, 0.05) is 34.8 Å². The van der Waals surface area contributed by atoms with Gasteiger partial charge in [-0.2, -0.15) is 0 Å². The lowest BCUT2D eigenvalue weighted by Gasteiger charge is -2.22. The summed E-state index contributed by atoms with van der Waals surface area (Å²) in [6.07, 6.45) is 2.22. The number of amides is 1. The Labute approximate surface area is 193 Å². The molecule has 7 nitrogen and oxygen atoms in total. The number of carboxylic acid groups (broad SMARTS) is 1. The summed E-state index contributed by atoms with van der Waals surface area (Å²) >= 11 is 1.24. The number of nitrogens with zero attached hydrogens (tertiary/aromatic N) is 3. The minimum absolute atomic E-state index is 0.209. The molecule has 1 aliphatic rings. The van der Waals surface area contributed by atoms with Gasteiger partial charge in [0.2, 0.25) is 5.88 Å². The third-order valence-electron chi connectivity index (χ3n) is 5.52. The van der Waals surface area contributed by atoms with E-state index in [1.54, 1.807) is 42.5 Å². The van der Waals surface area contributed by atoms with E-state index in [-0.39, 0.29) is 5.91 Å². The molecular formula is C25H19N3O4S. The van der Waals surface area contributed by atoms with E-state index in [9.17, 15) is 14.7 Å². The summed E-state index contributed by atoms with van der Waals surface area (Å²) in [5.41, 5.74) is 4.29. The van der Waals surface area contributed by atoms with Gasteiger partial charge >= 0.3 is 5.97 Å². The number of carbonyl (C=O) groups excluding carboxylic acids is 1. The average Bonchev–Trinajstić information content (AvgIpc) is 3.22. The number of para-hydroxylation sites is 1. The highest BCUT2D eigenvalue weighted by Gasteiger charge is 2.28. The van der Waals surface area contributed by atoms with Gasteiger partial charge in [-0.1, -0.05) is 24.3 Å². The van der Waals surface area contributed by atoms with Gasteiger partial charge in [0.15, 0.2) is 0 Å². The fraction of sp³-hybridized carbons (Fsp3) is 0.120. The number of anilines is 1. The van der Waals surface area contributed by atoms with Crippen molar-refractivity contribution in [3.8, 4) is 27.6 Å². The molecule has 0 fully saturated rings. The Morgan fingerprint density at radius 3 is 2.70 bits per heavy atom. The van der Waals surface area contributed by atoms with Gasteiger partial charge in [-0.15, -0.1) is 11.3 Å². The molecule has 3 aromatic heterocycles. The number of carboxylic acids is 1. The van der Waals surface area contributed by atoms with Crippen molar-refractivity contribution in [1.82, 2.24) is 9.97 Å². The molecule has 0 saturated carbocycles. The maximum absolute atomic E-state index is 13.6. The zero-order chi connectivity index (χ0) is 22.9. The quantitative estimate of drug-likeness (QED) is 0.474. The van der Waals surface area contributed by atoms with Crippen molar-refractivity contribution in [2.45, 2.75) is 6.42 Å². The van der Waals surface area contributed by atoms with Crippen molar-refractivity contribution >= 4 is 28.9 Å². The molecule has 0 atom stereocenters. The van der Waals surface area contributed by atoms with Crippen molar-refractivity contribution in [3.63, 3.8) is 0 Å². The van der Waals surface area contributed by atoms with Crippen LogP contribution in [0.4, 0.5) is 5.69 Å². The van der Waals surface area contributed by atoms with Crippen LogP contribution >= 0.6 is 11.3 Å². The number of pyridine rings is 2. The number of rotatable bonds is 4. The SMILES string of the molecule is COc1ccc(-c2cccc(C(=O)N3CCc4cc(C(=O)O)sc4-c4ccccc43)n2)cn1. The molecule has 33 heavy (non-hydrogen) atoms. The number of benzene rings is 1. The van der Waals surface area contributed by atoms with Crippen molar-refractivity contribution < 1.29 is 19.4 Å². The van der Waals surface area contributed by atoms with Gasteiger partial charge in [-0.3, -0.25) is 4.79 Å². The largest absolute Gasteiger partial charge is 0.481 e. The van der Waals surface area contributed by atoms with Crippen LogP contribution in [0.2, 0.25) is 0 Å². The summed E-state index contributed by atoms with van der Waals surface area (Å²) in [4.78, 5) is 36.8. The first-order valence-corrected chi connectivity index (χ1v) is 11.1. The van der Waals surface area contributed by atoms with Crippen molar-refractivity contribution in [2.24, 2.45) is 0 Å². The number of hydrogen-bond acceptors (Lipinski definition) is 6. The second-order valence-corrected chi connectivity index (χ2v) is 8.54. The van der Waals surface area contributed by atoms with Crippen LogP contribution in [0.5, 0.6) is 5.88 Å². The first-order valence-electron chi connectivity index (χ1n) is 10.3. The highest BCUT2D eigenvalue weighted by Crippen LogP contribution is 2.41. The Morgan fingerprint density at radius 2 is 1.94 bits per heavy atom. The second-order valence-electron chi connectivity index (χ2n) is 7.49. The van der Waals surface area contributed by atoms with Crippen LogP contribution in [0, 0.1) is 0 Å². The number of carbonyl (C=O) groups is 2. The summed E-state index contributed by atoms with van der Waals surface area (Å²) in [5, 5.41) is 9.42. The average molecular weight is 458 g/mol. The van der Waals surface area contributed by atoms with Gasteiger partial charge < -0.3 is 14.7 Å². The van der Waals surface area contributed by atoms with Gasteiger partial charge in [0.05, 0.1) is 18.5 Å². The molecule has 8 heteroatoms. The maximum atomic E-state index is 13.6. The highest BCUT2D eigenvalue weighted by molar-refractivity contribution is 7.17. The molecule has 0 spiro atoms.